The molecule has 0 saturated carbocycles. The summed E-state index contributed by atoms with van der Waals surface area (Å²) < 4.78 is 6.32. The monoisotopic (exact) mass is 560 g/mol. The van der Waals surface area contributed by atoms with E-state index in [9.17, 15) is 14.7 Å². The zero-order valence-electron chi connectivity index (χ0n) is 22.3. The molecule has 38 heavy (non-hydrogen) atoms. The number of hydrogen-bond acceptors (Lipinski definition) is 4. The molecular formula is C30H38Cl2N2O4. The quantitative estimate of drug-likeness (QED) is 0.456. The van der Waals surface area contributed by atoms with Gasteiger partial charge in [-0.1, -0.05) is 41.4 Å². The molecule has 1 N–H and O–H groups in total. The third kappa shape index (κ3) is 7.22. The Morgan fingerprint density at radius 2 is 1.71 bits per heavy atom. The molecule has 2 aliphatic rings. The van der Waals surface area contributed by atoms with Gasteiger partial charge in [0.2, 0.25) is 11.8 Å². The summed E-state index contributed by atoms with van der Waals surface area (Å²) in [5.41, 5.74) is 2.36. The number of rotatable bonds is 8. The van der Waals surface area contributed by atoms with Gasteiger partial charge in [-0.3, -0.25) is 9.59 Å². The highest BCUT2D eigenvalue weighted by Crippen LogP contribution is 2.37. The van der Waals surface area contributed by atoms with Crippen LogP contribution in [0.4, 0.5) is 0 Å². The van der Waals surface area contributed by atoms with Gasteiger partial charge in [-0.25, -0.2) is 0 Å². The van der Waals surface area contributed by atoms with Gasteiger partial charge in [-0.2, -0.15) is 0 Å². The van der Waals surface area contributed by atoms with Crippen LogP contribution in [0.25, 0.3) is 0 Å². The molecule has 0 bridgehead atoms. The standard InChI is InChI=1S/C30H38Cl2N2O4/c1-21-16-25(17-22(2)29(21)32)38-20-30(18-28(37)33-14-10-24(35)11-15-33)12-5-13-34(19-30)27(36)9-8-23-6-3-4-7-26(23)31/h3-4,6-7,16-17,24,35H,5,8-15,18-20H2,1-2H3. The third-order valence-corrected chi connectivity index (χ3v) is 8.84. The minimum absolute atomic E-state index is 0.0642. The summed E-state index contributed by atoms with van der Waals surface area (Å²) in [6.45, 7) is 6.51. The average Bonchev–Trinajstić information content (AvgIpc) is 2.90. The molecule has 0 aromatic heterocycles. The van der Waals surface area contributed by atoms with Crippen molar-refractivity contribution in [3.05, 3.63) is 63.1 Å². The largest absolute Gasteiger partial charge is 0.493 e. The maximum absolute atomic E-state index is 13.4. The van der Waals surface area contributed by atoms with Gasteiger partial charge in [0, 0.05) is 54.5 Å². The number of likely N-dealkylation sites (tertiary alicyclic amines) is 2. The summed E-state index contributed by atoms with van der Waals surface area (Å²) in [5.74, 6) is 0.856. The smallest absolute Gasteiger partial charge is 0.223 e. The van der Waals surface area contributed by atoms with E-state index in [0.29, 0.717) is 69.9 Å². The molecule has 2 saturated heterocycles. The first kappa shape index (κ1) is 28.7. The van der Waals surface area contributed by atoms with Crippen LogP contribution in [-0.4, -0.2) is 65.6 Å². The van der Waals surface area contributed by atoms with Crippen molar-refractivity contribution in [3.63, 3.8) is 0 Å². The maximum atomic E-state index is 13.4. The lowest BCUT2D eigenvalue weighted by atomic mass is 9.77. The van der Waals surface area contributed by atoms with Gasteiger partial charge in [-0.15, -0.1) is 0 Å². The van der Waals surface area contributed by atoms with E-state index < -0.39 is 5.41 Å². The van der Waals surface area contributed by atoms with E-state index in [2.05, 4.69) is 0 Å². The van der Waals surface area contributed by atoms with Crippen molar-refractivity contribution in [2.24, 2.45) is 5.41 Å². The number of hydrogen-bond donors (Lipinski definition) is 1. The van der Waals surface area contributed by atoms with Crippen molar-refractivity contribution >= 4 is 35.0 Å². The Morgan fingerprint density at radius 1 is 1.03 bits per heavy atom. The number of carbonyl (C=O) groups is 2. The van der Waals surface area contributed by atoms with Gasteiger partial charge >= 0.3 is 0 Å². The molecule has 6 nitrogen and oxygen atoms in total. The Balaban J connectivity index is 1.48. The normalized spacial score (nSPS) is 20.4. The number of aryl methyl sites for hydroxylation is 3. The summed E-state index contributed by atoms with van der Waals surface area (Å²) in [7, 11) is 0. The van der Waals surface area contributed by atoms with Crippen molar-refractivity contribution < 1.29 is 19.4 Å². The fourth-order valence-electron chi connectivity index (χ4n) is 5.61. The topological polar surface area (TPSA) is 70.1 Å². The molecule has 1 unspecified atom stereocenters. The van der Waals surface area contributed by atoms with Crippen molar-refractivity contribution in [1.29, 1.82) is 0 Å². The van der Waals surface area contributed by atoms with E-state index in [0.717, 1.165) is 40.3 Å². The molecule has 0 spiro atoms. The van der Waals surface area contributed by atoms with Gasteiger partial charge in [0.05, 0.1) is 12.7 Å². The van der Waals surface area contributed by atoms with E-state index in [1.54, 1.807) is 0 Å². The highest BCUT2D eigenvalue weighted by molar-refractivity contribution is 6.32. The van der Waals surface area contributed by atoms with E-state index >= 15 is 0 Å². The summed E-state index contributed by atoms with van der Waals surface area (Å²) in [6.07, 6.45) is 3.74. The van der Waals surface area contributed by atoms with E-state index in [-0.39, 0.29) is 17.9 Å². The molecule has 4 rings (SSSR count). The number of carbonyl (C=O) groups excluding carboxylic acids is 2. The van der Waals surface area contributed by atoms with Crippen LogP contribution in [0.15, 0.2) is 36.4 Å². The number of halogens is 2. The molecule has 2 aromatic rings. The van der Waals surface area contributed by atoms with Gasteiger partial charge in [0.1, 0.15) is 5.75 Å². The van der Waals surface area contributed by atoms with Crippen LogP contribution >= 0.6 is 23.2 Å². The molecule has 1 atom stereocenters. The Kier molecular flexibility index (Phi) is 9.61. The average molecular weight is 562 g/mol. The van der Waals surface area contributed by atoms with Crippen molar-refractivity contribution in [2.75, 3.05) is 32.8 Å². The van der Waals surface area contributed by atoms with Crippen LogP contribution in [0, 0.1) is 19.3 Å². The third-order valence-electron chi connectivity index (χ3n) is 7.88. The van der Waals surface area contributed by atoms with Crippen molar-refractivity contribution in [3.8, 4) is 5.75 Å². The van der Waals surface area contributed by atoms with Crippen molar-refractivity contribution in [2.45, 2.75) is 64.9 Å². The number of aliphatic hydroxyl groups is 1. The molecular weight excluding hydrogens is 523 g/mol. The second-order valence-electron chi connectivity index (χ2n) is 11.0. The Hall–Kier alpha value is -2.28. The number of nitrogens with zero attached hydrogens (tertiary/aromatic N) is 2. The van der Waals surface area contributed by atoms with Gasteiger partial charge < -0.3 is 19.6 Å². The summed E-state index contributed by atoms with van der Waals surface area (Å²) in [5, 5.41) is 11.3. The van der Waals surface area contributed by atoms with E-state index in [1.807, 2.05) is 60.0 Å². The van der Waals surface area contributed by atoms with Crippen LogP contribution in [0.1, 0.15) is 55.2 Å². The molecule has 0 aliphatic carbocycles. The van der Waals surface area contributed by atoms with Crippen LogP contribution in [-0.2, 0) is 16.0 Å². The Bertz CT molecular complexity index is 1130. The molecule has 206 valence electrons. The number of ether oxygens (including phenoxy) is 1. The fraction of sp³-hybridized carbons (Fsp3) is 0.533. The SMILES string of the molecule is Cc1cc(OCC2(CC(=O)N3CCC(O)CC3)CCCN(C(=O)CCc3ccccc3Cl)C2)cc(C)c1Cl. The second-order valence-corrected chi connectivity index (χ2v) is 11.7. The number of amides is 2. The van der Waals surface area contributed by atoms with Crippen LogP contribution < -0.4 is 4.74 Å². The molecule has 0 radical (unpaired) electrons. The predicted octanol–water partition coefficient (Wildman–Crippen LogP) is 5.60. The number of benzene rings is 2. The summed E-state index contributed by atoms with van der Waals surface area (Å²) >= 11 is 12.7. The molecule has 2 amide bonds. The maximum Gasteiger partial charge on any atom is 0.223 e. The molecule has 8 heteroatoms. The number of aliphatic hydroxyl groups excluding tert-OH is 1. The van der Waals surface area contributed by atoms with Gasteiger partial charge in [0.25, 0.3) is 0 Å². The highest BCUT2D eigenvalue weighted by Gasteiger charge is 2.41. The second kappa shape index (κ2) is 12.7. The van der Waals surface area contributed by atoms with Crippen LogP contribution in [0.3, 0.4) is 0 Å². The number of piperidine rings is 2. The van der Waals surface area contributed by atoms with Gasteiger partial charge in [0.15, 0.2) is 0 Å². The zero-order chi connectivity index (χ0) is 27.3. The van der Waals surface area contributed by atoms with Gasteiger partial charge in [-0.05, 0) is 80.8 Å². The van der Waals surface area contributed by atoms with E-state index in [1.165, 1.54) is 0 Å². The first-order valence-corrected chi connectivity index (χ1v) is 14.3. The highest BCUT2D eigenvalue weighted by atomic mass is 35.5. The minimum atomic E-state index is -0.493. The van der Waals surface area contributed by atoms with Crippen molar-refractivity contribution in [1.82, 2.24) is 9.80 Å². The summed E-state index contributed by atoms with van der Waals surface area (Å²) in [4.78, 5) is 30.5. The molecule has 2 fully saturated rings. The van der Waals surface area contributed by atoms with Crippen LogP contribution in [0.2, 0.25) is 10.0 Å². The first-order valence-electron chi connectivity index (χ1n) is 13.5. The zero-order valence-corrected chi connectivity index (χ0v) is 23.9. The predicted molar refractivity (Wildman–Crippen MR) is 151 cm³/mol. The molecule has 2 aromatic carbocycles. The van der Waals surface area contributed by atoms with E-state index in [4.69, 9.17) is 27.9 Å². The Morgan fingerprint density at radius 3 is 2.39 bits per heavy atom. The minimum Gasteiger partial charge on any atom is -0.493 e. The lowest BCUT2D eigenvalue weighted by Crippen LogP contribution is -2.51. The molecule has 2 heterocycles. The first-order chi connectivity index (χ1) is 18.2. The molecule has 2 aliphatic heterocycles. The fourth-order valence-corrected chi connectivity index (χ4v) is 5.95. The lowest BCUT2D eigenvalue weighted by molar-refractivity contribution is -0.142. The lowest BCUT2D eigenvalue weighted by Gasteiger charge is -2.43. The summed E-state index contributed by atoms with van der Waals surface area (Å²) in [6, 6.07) is 11.5. The van der Waals surface area contributed by atoms with Crippen LogP contribution in [0.5, 0.6) is 5.75 Å². The Labute approximate surface area is 235 Å².